The van der Waals surface area contributed by atoms with Crippen molar-refractivity contribution >= 4 is 11.9 Å². The topological polar surface area (TPSA) is 100 Å². The second-order valence-corrected chi connectivity index (χ2v) is 6.09. The molecule has 1 atom stereocenters. The van der Waals surface area contributed by atoms with Crippen LogP contribution in [0.25, 0.3) is 0 Å². The minimum Gasteiger partial charge on any atom is -0.475 e. The third kappa shape index (κ3) is 6.05. The van der Waals surface area contributed by atoms with Gasteiger partial charge in [-0.25, -0.2) is 4.79 Å². The quantitative estimate of drug-likeness (QED) is 0.810. The summed E-state index contributed by atoms with van der Waals surface area (Å²) in [6.45, 7) is 2.43. The average Bonchev–Trinajstić information content (AvgIpc) is 3.11. The number of carboxylic acid groups (broad SMARTS) is 1. The molecule has 2 aromatic rings. The van der Waals surface area contributed by atoms with Crippen molar-refractivity contribution in [1.82, 2.24) is 25.0 Å². The molecule has 3 rings (SSSR count). The van der Waals surface area contributed by atoms with Gasteiger partial charge in [0.25, 0.3) is 0 Å². The summed E-state index contributed by atoms with van der Waals surface area (Å²) in [6.07, 6.45) is -1.02. The molecule has 3 heterocycles. The average molecular weight is 399 g/mol. The fourth-order valence-corrected chi connectivity index (χ4v) is 2.77. The van der Waals surface area contributed by atoms with Crippen LogP contribution in [0.5, 0.6) is 0 Å². The fourth-order valence-electron chi connectivity index (χ4n) is 2.77. The van der Waals surface area contributed by atoms with Gasteiger partial charge in [-0.15, -0.1) is 0 Å². The number of hydrogen-bond acceptors (Lipinski definition) is 5. The molecule has 152 valence electrons. The molecular formula is C17H20F3N5O3. The first kappa shape index (κ1) is 21.4. The van der Waals surface area contributed by atoms with Crippen molar-refractivity contribution in [3.63, 3.8) is 0 Å². The molecule has 1 amide bonds. The molecule has 0 saturated heterocycles. The summed E-state index contributed by atoms with van der Waals surface area (Å²) in [5, 5.41) is 14.2. The van der Waals surface area contributed by atoms with Gasteiger partial charge in [0.15, 0.2) is 0 Å². The Morgan fingerprint density at radius 2 is 2.00 bits per heavy atom. The number of carbonyl (C=O) groups is 2. The molecule has 0 radical (unpaired) electrons. The maximum Gasteiger partial charge on any atom is 0.490 e. The van der Waals surface area contributed by atoms with Crippen LogP contribution >= 0.6 is 0 Å². The number of hydrogen-bond donors (Lipinski definition) is 2. The van der Waals surface area contributed by atoms with E-state index >= 15 is 0 Å². The van der Waals surface area contributed by atoms with Crippen molar-refractivity contribution in [3.05, 3.63) is 48.0 Å². The number of halogens is 3. The third-order valence-electron chi connectivity index (χ3n) is 4.01. The SMILES string of the molecule is CNC(=O)CC1CN(Cc2ccccn2)Cc2ccnn21.O=C(O)C(F)(F)F. The Bertz CT molecular complexity index is 795. The van der Waals surface area contributed by atoms with Gasteiger partial charge < -0.3 is 10.4 Å². The molecule has 1 unspecified atom stereocenters. The van der Waals surface area contributed by atoms with Crippen LogP contribution in [0, 0.1) is 0 Å². The number of carbonyl (C=O) groups excluding carboxylic acids is 1. The van der Waals surface area contributed by atoms with E-state index in [-0.39, 0.29) is 11.9 Å². The van der Waals surface area contributed by atoms with Crippen LogP contribution in [0.3, 0.4) is 0 Å². The summed E-state index contributed by atoms with van der Waals surface area (Å²) in [4.78, 5) is 27.3. The number of carboxylic acids is 1. The summed E-state index contributed by atoms with van der Waals surface area (Å²) in [6, 6.07) is 8.04. The molecule has 1 aliphatic rings. The summed E-state index contributed by atoms with van der Waals surface area (Å²) < 4.78 is 33.7. The van der Waals surface area contributed by atoms with Crippen molar-refractivity contribution in [2.45, 2.75) is 31.7 Å². The molecule has 0 aromatic carbocycles. The molecule has 8 nitrogen and oxygen atoms in total. The summed E-state index contributed by atoms with van der Waals surface area (Å²) in [7, 11) is 1.67. The lowest BCUT2D eigenvalue weighted by atomic mass is 10.1. The van der Waals surface area contributed by atoms with Gasteiger partial charge in [0.1, 0.15) is 0 Å². The molecule has 28 heavy (non-hydrogen) atoms. The first-order chi connectivity index (χ1) is 13.2. The minimum absolute atomic E-state index is 0.0427. The van der Waals surface area contributed by atoms with Crippen LogP contribution in [0.2, 0.25) is 0 Å². The van der Waals surface area contributed by atoms with Crippen LogP contribution in [0.4, 0.5) is 13.2 Å². The normalized spacial score (nSPS) is 16.5. The minimum atomic E-state index is -5.08. The number of aromatic nitrogens is 3. The molecule has 2 N–H and O–H groups in total. The van der Waals surface area contributed by atoms with Gasteiger partial charge in [0.2, 0.25) is 5.91 Å². The van der Waals surface area contributed by atoms with Crippen LogP contribution in [-0.2, 0) is 22.7 Å². The van der Waals surface area contributed by atoms with E-state index in [1.807, 2.05) is 35.1 Å². The van der Waals surface area contributed by atoms with E-state index < -0.39 is 12.1 Å². The second-order valence-electron chi connectivity index (χ2n) is 6.09. The second kappa shape index (κ2) is 9.31. The van der Waals surface area contributed by atoms with E-state index in [1.54, 1.807) is 13.2 Å². The van der Waals surface area contributed by atoms with E-state index in [9.17, 15) is 18.0 Å². The van der Waals surface area contributed by atoms with Gasteiger partial charge in [-0.3, -0.25) is 19.4 Å². The Kier molecular flexibility index (Phi) is 7.10. The van der Waals surface area contributed by atoms with Crippen LogP contribution in [-0.4, -0.2) is 56.4 Å². The van der Waals surface area contributed by atoms with Gasteiger partial charge in [-0.1, -0.05) is 6.07 Å². The monoisotopic (exact) mass is 399 g/mol. The number of rotatable bonds is 4. The van der Waals surface area contributed by atoms with Gasteiger partial charge >= 0.3 is 12.1 Å². The number of nitrogens with zero attached hydrogens (tertiary/aromatic N) is 4. The highest BCUT2D eigenvalue weighted by Gasteiger charge is 2.38. The highest BCUT2D eigenvalue weighted by Crippen LogP contribution is 2.23. The summed E-state index contributed by atoms with van der Waals surface area (Å²) in [5.41, 5.74) is 2.19. The zero-order chi connectivity index (χ0) is 20.7. The van der Waals surface area contributed by atoms with Gasteiger partial charge in [0, 0.05) is 39.1 Å². The Balaban J connectivity index is 0.000000345. The maximum atomic E-state index is 11.7. The predicted molar refractivity (Wildman–Crippen MR) is 92.0 cm³/mol. The Morgan fingerprint density at radius 3 is 2.57 bits per heavy atom. The largest absolute Gasteiger partial charge is 0.490 e. The third-order valence-corrected chi connectivity index (χ3v) is 4.01. The van der Waals surface area contributed by atoms with Crippen molar-refractivity contribution < 1.29 is 27.9 Å². The molecule has 2 aromatic heterocycles. The van der Waals surface area contributed by atoms with Crippen molar-refractivity contribution in [1.29, 1.82) is 0 Å². The van der Waals surface area contributed by atoms with E-state index in [0.29, 0.717) is 6.42 Å². The molecular weight excluding hydrogens is 379 g/mol. The highest BCUT2D eigenvalue weighted by atomic mass is 19.4. The van der Waals surface area contributed by atoms with Gasteiger partial charge in [-0.2, -0.15) is 18.3 Å². The number of fused-ring (bicyclic) bond motifs is 1. The Labute approximate surface area is 159 Å². The predicted octanol–water partition coefficient (Wildman–Crippen LogP) is 1.60. The first-order valence-electron chi connectivity index (χ1n) is 8.36. The van der Waals surface area contributed by atoms with Crippen molar-refractivity contribution in [2.75, 3.05) is 13.6 Å². The van der Waals surface area contributed by atoms with Gasteiger partial charge in [0.05, 0.1) is 23.9 Å². The molecule has 0 fully saturated rings. The molecule has 11 heteroatoms. The van der Waals surface area contributed by atoms with Crippen molar-refractivity contribution in [2.24, 2.45) is 0 Å². The van der Waals surface area contributed by atoms with Crippen LogP contribution < -0.4 is 5.32 Å². The molecule has 0 aliphatic carbocycles. The number of alkyl halides is 3. The lowest BCUT2D eigenvalue weighted by Gasteiger charge is -2.33. The Hall–Kier alpha value is -2.95. The van der Waals surface area contributed by atoms with E-state index in [0.717, 1.165) is 31.0 Å². The number of nitrogens with one attached hydrogen (secondary N) is 1. The van der Waals surface area contributed by atoms with Crippen LogP contribution in [0.15, 0.2) is 36.7 Å². The zero-order valence-electron chi connectivity index (χ0n) is 15.1. The first-order valence-corrected chi connectivity index (χ1v) is 8.36. The number of amides is 1. The maximum absolute atomic E-state index is 11.7. The Morgan fingerprint density at radius 1 is 1.29 bits per heavy atom. The number of aliphatic carboxylic acids is 1. The zero-order valence-corrected chi connectivity index (χ0v) is 15.1. The molecule has 0 spiro atoms. The van der Waals surface area contributed by atoms with Gasteiger partial charge in [-0.05, 0) is 18.2 Å². The molecule has 0 bridgehead atoms. The standard InChI is InChI=1S/C15H19N5O.C2HF3O2/c1-16-15(21)8-14-11-19(9-12-4-2-3-6-17-12)10-13-5-7-18-20(13)14;3-2(4,5)1(6)7/h2-7,14H,8-11H2,1H3,(H,16,21);(H,6,7). The summed E-state index contributed by atoms with van der Waals surface area (Å²) >= 11 is 0. The lowest BCUT2D eigenvalue weighted by Crippen LogP contribution is -2.39. The molecule has 0 saturated carbocycles. The van der Waals surface area contributed by atoms with E-state index in [4.69, 9.17) is 9.90 Å². The van der Waals surface area contributed by atoms with E-state index in [2.05, 4.69) is 20.3 Å². The highest BCUT2D eigenvalue weighted by molar-refractivity contribution is 5.76. The van der Waals surface area contributed by atoms with Crippen LogP contribution in [0.1, 0.15) is 23.9 Å². The fraction of sp³-hybridized carbons (Fsp3) is 0.412. The summed E-state index contributed by atoms with van der Waals surface area (Å²) in [5.74, 6) is -2.71. The molecule has 1 aliphatic heterocycles. The lowest BCUT2D eigenvalue weighted by molar-refractivity contribution is -0.192. The smallest absolute Gasteiger partial charge is 0.475 e. The van der Waals surface area contributed by atoms with Crippen molar-refractivity contribution in [3.8, 4) is 0 Å². The number of pyridine rings is 1. The van der Waals surface area contributed by atoms with E-state index in [1.165, 1.54) is 0 Å².